The number of fused-ring (bicyclic) bond motifs is 1. The summed E-state index contributed by atoms with van der Waals surface area (Å²) < 4.78 is 0. The number of thiocarbonyl (C=S) groups is 1. The molecular formula is C20H23N3S. The highest BCUT2D eigenvalue weighted by Gasteiger charge is 2.08. The van der Waals surface area contributed by atoms with Crippen molar-refractivity contribution < 1.29 is 0 Å². The Morgan fingerprint density at radius 3 is 2.67 bits per heavy atom. The third-order valence-corrected chi connectivity index (χ3v) is 4.56. The lowest BCUT2D eigenvalue weighted by molar-refractivity contribution is 0.871. The highest BCUT2D eigenvalue weighted by molar-refractivity contribution is 7.80. The smallest absolute Gasteiger partial charge is 0.170 e. The van der Waals surface area contributed by atoms with Crippen molar-refractivity contribution in [2.24, 2.45) is 0 Å². The summed E-state index contributed by atoms with van der Waals surface area (Å²) in [5.74, 6) is 0. The van der Waals surface area contributed by atoms with Gasteiger partial charge in [0.25, 0.3) is 0 Å². The van der Waals surface area contributed by atoms with Crippen LogP contribution in [0.5, 0.6) is 0 Å². The van der Waals surface area contributed by atoms with Gasteiger partial charge in [0.15, 0.2) is 5.11 Å². The zero-order chi connectivity index (χ0) is 17.1. The molecule has 0 atom stereocenters. The van der Waals surface area contributed by atoms with Crippen LogP contribution in [-0.2, 0) is 6.42 Å². The molecule has 2 aromatic carbocycles. The molecule has 3 rings (SSSR count). The second-order valence-electron chi connectivity index (χ2n) is 6.22. The van der Waals surface area contributed by atoms with Gasteiger partial charge >= 0.3 is 0 Å². The molecular weight excluding hydrogens is 314 g/mol. The van der Waals surface area contributed by atoms with Gasteiger partial charge in [-0.05, 0) is 62.7 Å². The minimum Gasteiger partial charge on any atom is -0.362 e. The Bertz CT molecular complexity index is 880. The van der Waals surface area contributed by atoms with Crippen molar-refractivity contribution in [2.75, 3.05) is 11.9 Å². The molecule has 24 heavy (non-hydrogen) atoms. The van der Waals surface area contributed by atoms with Crippen LogP contribution in [0, 0.1) is 20.8 Å². The lowest BCUT2D eigenvalue weighted by Crippen LogP contribution is -2.30. The number of anilines is 1. The van der Waals surface area contributed by atoms with E-state index in [0.717, 1.165) is 18.7 Å². The lowest BCUT2D eigenvalue weighted by Gasteiger charge is -2.13. The van der Waals surface area contributed by atoms with Gasteiger partial charge in [-0.25, -0.2) is 0 Å². The summed E-state index contributed by atoms with van der Waals surface area (Å²) in [5, 5.41) is 8.55. The van der Waals surface area contributed by atoms with E-state index >= 15 is 0 Å². The molecule has 0 bridgehead atoms. The molecule has 0 spiro atoms. The number of aromatic amines is 1. The third kappa shape index (κ3) is 3.60. The van der Waals surface area contributed by atoms with Crippen molar-refractivity contribution >= 4 is 33.9 Å². The molecule has 0 fully saturated rings. The molecule has 0 unspecified atom stereocenters. The van der Waals surface area contributed by atoms with Gasteiger partial charge in [0.2, 0.25) is 0 Å². The van der Waals surface area contributed by atoms with Crippen LogP contribution in [0.2, 0.25) is 0 Å². The number of aromatic nitrogens is 1. The summed E-state index contributed by atoms with van der Waals surface area (Å²) >= 11 is 5.42. The van der Waals surface area contributed by atoms with E-state index in [1.54, 1.807) is 0 Å². The van der Waals surface area contributed by atoms with Crippen molar-refractivity contribution in [3.05, 3.63) is 64.8 Å². The maximum atomic E-state index is 5.42. The van der Waals surface area contributed by atoms with Crippen molar-refractivity contribution in [3.8, 4) is 0 Å². The average molecular weight is 337 g/mol. The second kappa shape index (κ2) is 7.05. The Morgan fingerprint density at radius 2 is 1.88 bits per heavy atom. The summed E-state index contributed by atoms with van der Waals surface area (Å²) in [5.41, 5.74) is 7.29. The minimum atomic E-state index is 0.666. The van der Waals surface area contributed by atoms with E-state index in [0.29, 0.717) is 5.11 Å². The monoisotopic (exact) mass is 337 g/mol. The number of hydrogen-bond acceptors (Lipinski definition) is 1. The van der Waals surface area contributed by atoms with Crippen LogP contribution in [0.15, 0.2) is 42.5 Å². The van der Waals surface area contributed by atoms with Gasteiger partial charge in [-0.15, -0.1) is 0 Å². The summed E-state index contributed by atoms with van der Waals surface area (Å²) in [6.07, 6.45) is 0.935. The molecule has 4 heteroatoms. The number of H-pyrrole nitrogens is 1. The highest BCUT2D eigenvalue weighted by atomic mass is 32.1. The number of aryl methyl sites for hydroxylation is 3. The molecule has 3 N–H and O–H groups in total. The van der Waals surface area contributed by atoms with Crippen LogP contribution >= 0.6 is 12.2 Å². The first-order chi connectivity index (χ1) is 11.5. The summed E-state index contributed by atoms with van der Waals surface area (Å²) in [6.45, 7) is 7.12. The zero-order valence-corrected chi connectivity index (χ0v) is 15.2. The largest absolute Gasteiger partial charge is 0.362 e. The van der Waals surface area contributed by atoms with Crippen LogP contribution in [0.4, 0.5) is 5.69 Å². The third-order valence-electron chi connectivity index (χ3n) is 4.32. The first-order valence-corrected chi connectivity index (χ1v) is 8.63. The molecule has 1 aromatic heterocycles. The van der Waals surface area contributed by atoms with E-state index in [1.165, 1.54) is 33.3 Å². The van der Waals surface area contributed by atoms with Gasteiger partial charge in [0, 0.05) is 28.8 Å². The summed E-state index contributed by atoms with van der Waals surface area (Å²) in [4.78, 5) is 3.44. The van der Waals surface area contributed by atoms with Gasteiger partial charge in [-0.2, -0.15) is 0 Å². The van der Waals surface area contributed by atoms with Gasteiger partial charge in [0.05, 0.1) is 0 Å². The van der Waals surface area contributed by atoms with Crippen LogP contribution in [0.25, 0.3) is 10.9 Å². The molecule has 0 amide bonds. The molecule has 0 aliphatic carbocycles. The van der Waals surface area contributed by atoms with E-state index in [4.69, 9.17) is 12.2 Å². The normalized spacial score (nSPS) is 10.8. The summed E-state index contributed by atoms with van der Waals surface area (Å²) in [7, 11) is 0. The Balaban J connectivity index is 1.59. The van der Waals surface area contributed by atoms with Crippen molar-refractivity contribution in [1.29, 1.82) is 0 Å². The van der Waals surface area contributed by atoms with Gasteiger partial charge < -0.3 is 15.6 Å². The first-order valence-electron chi connectivity index (χ1n) is 8.23. The van der Waals surface area contributed by atoms with Gasteiger partial charge in [-0.1, -0.05) is 35.9 Å². The van der Waals surface area contributed by atoms with E-state index in [-0.39, 0.29) is 0 Å². The molecule has 1 heterocycles. The zero-order valence-electron chi connectivity index (χ0n) is 14.4. The average Bonchev–Trinajstić information content (AvgIpc) is 2.86. The quantitative estimate of drug-likeness (QED) is 0.608. The Morgan fingerprint density at radius 1 is 1.08 bits per heavy atom. The van der Waals surface area contributed by atoms with Gasteiger partial charge in [-0.3, -0.25) is 0 Å². The van der Waals surface area contributed by atoms with Gasteiger partial charge in [0.1, 0.15) is 0 Å². The van der Waals surface area contributed by atoms with Crippen LogP contribution in [0.1, 0.15) is 22.4 Å². The molecule has 0 saturated carbocycles. The van der Waals surface area contributed by atoms with E-state index in [9.17, 15) is 0 Å². The number of rotatable bonds is 4. The fourth-order valence-corrected chi connectivity index (χ4v) is 3.29. The second-order valence-corrected chi connectivity index (χ2v) is 6.63. The number of nitrogens with one attached hydrogen (secondary N) is 3. The van der Waals surface area contributed by atoms with Crippen molar-refractivity contribution in [1.82, 2.24) is 10.3 Å². The summed E-state index contributed by atoms with van der Waals surface area (Å²) in [6, 6.07) is 14.7. The predicted octanol–water partition coefficient (Wildman–Crippen LogP) is 4.62. The number of para-hydroxylation sites is 1. The van der Waals surface area contributed by atoms with Crippen molar-refractivity contribution in [3.63, 3.8) is 0 Å². The van der Waals surface area contributed by atoms with Crippen molar-refractivity contribution in [2.45, 2.75) is 27.2 Å². The predicted molar refractivity (Wildman–Crippen MR) is 107 cm³/mol. The molecule has 124 valence electrons. The fraction of sp³-hybridized carbons (Fsp3) is 0.250. The maximum absolute atomic E-state index is 5.42. The number of hydrogen-bond donors (Lipinski definition) is 3. The SMILES string of the molecule is Cc1ccc(NC(=S)NCCc2c(C)[nH]c3ccccc23)c(C)c1. The van der Waals surface area contributed by atoms with Crippen LogP contribution in [-0.4, -0.2) is 16.6 Å². The Hall–Kier alpha value is -2.33. The molecule has 3 nitrogen and oxygen atoms in total. The maximum Gasteiger partial charge on any atom is 0.170 e. The minimum absolute atomic E-state index is 0.666. The Labute approximate surface area is 148 Å². The molecule has 0 aliphatic rings. The fourth-order valence-electron chi connectivity index (χ4n) is 3.08. The van der Waals surface area contributed by atoms with E-state index in [2.05, 4.69) is 78.9 Å². The van der Waals surface area contributed by atoms with Crippen LogP contribution in [0.3, 0.4) is 0 Å². The lowest BCUT2D eigenvalue weighted by atomic mass is 10.1. The first kappa shape index (κ1) is 16.5. The molecule has 3 aromatic rings. The Kier molecular flexibility index (Phi) is 4.86. The molecule has 0 saturated heterocycles. The topological polar surface area (TPSA) is 39.8 Å². The number of benzene rings is 2. The van der Waals surface area contributed by atoms with E-state index in [1.807, 2.05) is 0 Å². The molecule has 0 aliphatic heterocycles. The van der Waals surface area contributed by atoms with Crippen LogP contribution < -0.4 is 10.6 Å². The highest BCUT2D eigenvalue weighted by Crippen LogP contribution is 2.22. The standard InChI is InChI=1S/C20H23N3S/c1-13-8-9-18(14(2)12-13)23-20(24)21-11-10-16-15(3)22-19-7-5-4-6-17(16)19/h4-9,12,22H,10-11H2,1-3H3,(H2,21,23,24). The van der Waals surface area contributed by atoms with E-state index < -0.39 is 0 Å². The molecule has 0 radical (unpaired) electrons.